The molecule has 0 bridgehead atoms. The molecule has 2 aromatic rings. The first-order chi connectivity index (χ1) is 15.1. The average Bonchev–Trinajstić information content (AvgIpc) is 3.27. The SMILES string of the molecule is O=C1COc2ccccc2C/C=C/CC2(CCCN(CC(=O)Nc3nccs3)C2)CN1. The Hall–Kier alpha value is -2.71. The molecule has 2 aliphatic heterocycles. The normalized spacial score (nSPS) is 23.5. The van der Waals surface area contributed by atoms with Crippen LogP contribution in [-0.4, -0.2) is 54.5 Å². The summed E-state index contributed by atoms with van der Waals surface area (Å²) in [5.41, 5.74) is 0.982. The zero-order chi connectivity index (χ0) is 21.5. The van der Waals surface area contributed by atoms with Crippen LogP contribution in [0.1, 0.15) is 24.8 Å². The van der Waals surface area contributed by atoms with Crippen molar-refractivity contribution in [3.8, 4) is 5.75 Å². The van der Waals surface area contributed by atoms with E-state index in [9.17, 15) is 9.59 Å². The van der Waals surface area contributed by atoms with E-state index in [1.54, 1.807) is 6.20 Å². The third kappa shape index (κ3) is 5.92. The fourth-order valence-corrected chi connectivity index (χ4v) is 4.86. The fourth-order valence-electron chi connectivity index (χ4n) is 4.31. The monoisotopic (exact) mass is 440 g/mol. The average molecular weight is 441 g/mol. The molecule has 1 aromatic carbocycles. The highest BCUT2D eigenvalue weighted by Gasteiger charge is 2.35. The van der Waals surface area contributed by atoms with Crippen molar-refractivity contribution >= 4 is 28.3 Å². The number of allylic oxidation sites excluding steroid dienone is 2. The van der Waals surface area contributed by atoms with Crippen LogP contribution in [0.15, 0.2) is 48.0 Å². The summed E-state index contributed by atoms with van der Waals surface area (Å²) >= 11 is 1.41. The van der Waals surface area contributed by atoms with E-state index in [2.05, 4.69) is 32.7 Å². The Balaban J connectivity index is 1.43. The number of rotatable bonds is 3. The molecule has 1 fully saturated rings. The van der Waals surface area contributed by atoms with E-state index in [-0.39, 0.29) is 23.8 Å². The number of amides is 2. The van der Waals surface area contributed by atoms with E-state index in [0.717, 1.165) is 50.1 Å². The second kappa shape index (κ2) is 10.1. The predicted octanol–water partition coefficient (Wildman–Crippen LogP) is 2.86. The number of likely N-dealkylation sites (tertiary alicyclic amines) is 1. The van der Waals surface area contributed by atoms with Gasteiger partial charge in [0.1, 0.15) is 5.75 Å². The number of anilines is 1. The lowest BCUT2D eigenvalue weighted by molar-refractivity contribution is -0.124. The molecule has 1 unspecified atom stereocenters. The van der Waals surface area contributed by atoms with E-state index in [0.29, 0.717) is 18.2 Å². The molecule has 1 spiro atoms. The highest BCUT2D eigenvalue weighted by atomic mass is 32.1. The highest BCUT2D eigenvalue weighted by Crippen LogP contribution is 2.34. The zero-order valence-corrected chi connectivity index (χ0v) is 18.3. The quantitative estimate of drug-likeness (QED) is 0.717. The molecule has 2 aliphatic rings. The van der Waals surface area contributed by atoms with Crippen LogP contribution in [0.3, 0.4) is 0 Å². The van der Waals surface area contributed by atoms with Crippen LogP contribution in [0.25, 0.3) is 0 Å². The Bertz CT molecular complexity index is 931. The number of nitrogens with one attached hydrogen (secondary N) is 2. The summed E-state index contributed by atoms with van der Waals surface area (Å²) in [7, 11) is 0. The predicted molar refractivity (Wildman–Crippen MR) is 121 cm³/mol. The van der Waals surface area contributed by atoms with E-state index in [1.807, 2.05) is 29.6 Å². The van der Waals surface area contributed by atoms with Crippen molar-refractivity contribution in [3.63, 3.8) is 0 Å². The van der Waals surface area contributed by atoms with Crippen LogP contribution >= 0.6 is 11.3 Å². The van der Waals surface area contributed by atoms with Gasteiger partial charge in [0.2, 0.25) is 5.91 Å². The van der Waals surface area contributed by atoms with Gasteiger partial charge in [-0.3, -0.25) is 14.5 Å². The molecule has 2 N–H and O–H groups in total. The third-order valence-corrected chi connectivity index (χ3v) is 6.52. The van der Waals surface area contributed by atoms with Crippen LogP contribution in [0.2, 0.25) is 0 Å². The molecule has 1 saturated heterocycles. The highest BCUT2D eigenvalue weighted by molar-refractivity contribution is 7.13. The number of carbonyl (C=O) groups is 2. The van der Waals surface area contributed by atoms with Gasteiger partial charge in [0.15, 0.2) is 11.7 Å². The summed E-state index contributed by atoms with van der Waals surface area (Å²) < 4.78 is 5.76. The molecule has 1 aromatic heterocycles. The Morgan fingerprint density at radius 2 is 2.23 bits per heavy atom. The van der Waals surface area contributed by atoms with E-state index >= 15 is 0 Å². The first kappa shape index (κ1) is 21.5. The lowest BCUT2D eigenvalue weighted by atomic mass is 9.76. The summed E-state index contributed by atoms with van der Waals surface area (Å²) in [6.07, 6.45) is 9.71. The van der Waals surface area contributed by atoms with Crippen LogP contribution in [0.5, 0.6) is 5.75 Å². The maximum atomic E-state index is 12.4. The molecule has 7 nitrogen and oxygen atoms in total. The maximum absolute atomic E-state index is 12.4. The van der Waals surface area contributed by atoms with E-state index in [1.165, 1.54) is 11.3 Å². The van der Waals surface area contributed by atoms with Crippen molar-refractivity contribution in [3.05, 3.63) is 53.6 Å². The summed E-state index contributed by atoms with van der Waals surface area (Å²) in [5.74, 6) is 0.592. The zero-order valence-electron chi connectivity index (χ0n) is 17.5. The summed E-state index contributed by atoms with van der Waals surface area (Å²) in [5, 5.41) is 8.39. The van der Waals surface area contributed by atoms with Crippen LogP contribution in [0.4, 0.5) is 5.13 Å². The second-order valence-corrected chi connectivity index (χ2v) is 9.15. The van der Waals surface area contributed by atoms with Crippen LogP contribution in [0, 0.1) is 5.41 Å². The molecule has 3 heterocycles. The van der Waals surface area contributed by atoms with Gasteiger partial charge in [0.25, 0.3) is 5.91 Å². The minimum atomic E-state index is -0.114. The number of ether oxygens (including phenoxy) is 1. The second-order valence-electron chi connectivity index (χ2n) is 8.25. The first-order valence-corrected chi connectivity index (χ1v) is 11.5. The standard InChI is InChI=1S/C23H28N4O3S/c28-20(26-22-24-11-13-31-22)14-27-12-5-10-23(17-27)9-4-3-7-18-6-1-2-8-19(18)30-15-21(29)25-16-23/h1-4,6,8,11,13H,5,7,9-10,12,14-17H2,(H,25,29)(H,24,26,28)/b4-3+. The summed E-state index contributed by atoms with van der Waals surface area (Å²) in [4.78, 5) is 31.2. The van der Waals surface area contributed by atoms with Gasteiger partial charge in [-0.25, -0.2) is 4.98 Å². The number of carbonyl (C=O) groups excluding carboxylic acids is 2. The number of piperidine rings is 1. The van der Waals surface area contributed by atoms with Gasteiger partial charge in [0, 0.05) is 30.1 Å². The molecule has 4 rings (SSSR count). The summed E-state index contributed by atoms with van der Waals surface area (Å²) in [6, 6.07) is 7.84. The minimum absolute atomic E-state index is 0.0107. The van der Waals surface area contributed by atoms with Gasteiger partial charge in [0.05, 0.1) is 6.54 Å². The summed E-state index contributed by atoms with van der Waals surface area (Å²) in [6.45, 7) is 2.56. The van der Waals surface area contributed by atoms with Gasteiger partial charge >= 0.3 is 0 Å². The van der Waals surface area contributed by atoms with Gasteiger partial charge in [-0.15, -0.1) is 11.3 Å². The number of nitrogens with zero attached hydrogens (tertiary/aromatic N) is 2. The van der Waals surface area contributed by atoms with Gasteiger partial charge in [-0.05, 0) is 43.9 Å². The van der Waals surface area contributed by atoms with Crippen molar-refractivity contribution < 1.29 is 14.3 Å². The Kier molecular flexibility index (Phi) is 6.99. The molecule has 31 heavy (non-hydrogen) atoms. The van der Waals surface area contributed by atoms with Gasteiger partial charge < -0.3 is 15.4 Å². The Labute approximate surface area is 186 Å². The molecule has 0 saturated carbocycles. The lowest BCUT2D eigenvalue weighted by Crippen LogP contribution is -2.51. The molecule has 1 atom stereocenters. The molecule has 0 radical (unpaired) electrons. The Morgan fingerprint density at radius 3 is 3.10 bits per heavy atom. The molecule has 2 amide bonds. The van der Waals surface area contributed by atoms with Crippen molar-refractivity contribution in [2.24, 2.45) is 5.41 Å². The number of para-hydroxylation sites is 1. The van der Waals surface area contributed by atoms with E-state index < -0.39 is 0 Å². The topological polar surface area (TPSA) is 83.6 Å². The van der Waals surface area contributed by atoms with E-state index in [4.69, 9.17) is 4.74 Å². The third-order valence-electron chi connectivity index (χ3n) is 5.83. The molecular formula is C23H28N4O3S. The minimum Gasteiger partial charge on any atom is -0.483 e. The smallest absolute Gasteiger partial charge is 0.257 e. The van der Waals surface area contributed by atoms with Crippen molar-refractivity contribution in [1.29, 1.82) is 0 Å². The molecule has 164 valence electrons. The fraction of sp³-hybridized carbons (Fsp3) is 0.435. The molecule has 0 aliphatic carbocycles. The number of fused-ring (bicyclic) bond motifs is 1. The Morgan fingerprint density at radius 1 is 1.32 bits per heavy atom. The van der Waals surface area contributed by atoms with Crippen LogP contribution < -0.4 is 15.4 Å². The number of thiazole rings is 1. The van der Waals surface area contributed by atoms with Gasteiger partial charge in [-0.1, -0.05) is 30.4 Å². The number of benzene rings is 1. The van der Waals surface area contributed by atoms with Crippen molar-refractivity contribution in [2.45, 2.75) is 25.7 Å². The number of hydrogen-bond donors (Lipinski definition) is 2. The van der Waals surface area contributed by atoms with Crippen LogP contribution in [-0.2, 0) is 16.0 Å². The number of aromatic nitrogens is 1. The lowest BCUT2D eigenvalue weighted by Gasteiger charge is -2.42. The van der Waals surface area contributed by atoms with Crippen molar-refractivity contribution in [1.82, 2.24) is 15.2 Å². The largest absolute Gasteiger partial charge is 0.483 e. The molecule has 8 heteroatoms. The number of hydrogen-bond acceptors (Lipinski definition) is 6. The van der Waals surface area contributed by atoms with Crippen molar-refractivity contribution in [2.75, 3.05) is 38.1 Å². The first-order valence-electron chi connectivity index (χ1n) is 10.7. The molecular weight excluding hydrogens is 412 g/mol. The maximum Gasteiger partial charge on any atom is 0.257 e. The van der Waals surface area contributed by atoms with Gasteiger partial charge in [-0.2, -0.15) is 0 Å².